The zero-order chi connectivity index (χ0) is 23.6. The third-order valence-corrected chi connectivity index (χ3v) is 7.87. The molecule has 0 bridgehead atoms. The first-order chi connectivity index (χ1) is 16.1. The van der Waals surface area contributed by atoms with Crippen LogP contribution in [0.15, 0.2) is 35.5 Å². The Labute approximate surface area is 201 Å². The van der Waals surface area contributed by atoms with E-state index in [0.29, 0.717) is 12.1 Å². The van der Waals surface area contributed by atoms with Gasteiger partial charge in [0.15, 0.2) is 0 Å². The molecular formula is C26H44N4O2S. The van der Waals surface area contributed by atoms with Gasteiger partial charge in [0.1, 0.15) is 0 Å². The van der Waals surface area contributed by atoms with Gasteiger partial charge in [0.2, 0.25) is 9.84 Å². The third kappa shape index (κ3) is 11.3. The summed E-state index contributed by atoms with van der Waals surface area (Å²) in [4.78, 5) is 0. The average molecular weight is 477 g/mol. The Balaban J connectivity index is 1.46. The van der Waals surface area contributed by atoms with E-state index in [-0.39, 0.29) is 10.9 Å². The zero-order valence-corrected chi connectivity index (χ0v) is 21.4. The van der Waals surface area contributed by atoms with Gasteiger partial charge in [-0.3, -0.25) is 0 Å². The van der Waals surface area contributed by atoms with Crippen molar-refractivity contribution in [2.45, 2.75) is 121 Å². The predicted molar refractivity (Wildman–Crippen MR) is 135 cm³/mol. The molecule has 0 amide bonds. The van der Waals surface area contributed by atoms with Crippen molar-refractivity contribution >= 4 is 9.84 Å². The Bertz CT molecular complexity index is 837. The molecule has 0 saturated carbocycles. The second-order valence-electron chi connectivity index (χ2n) is 9.18. The minimum Gasteiger partial charge on any atom is -0.220 e. The standard InChI is InChI=1S/C26H44N4O2S/c1-2-3-4-5-6-7-8-9-10-11-12-13-14-15-16-17-21-24-33(31,32)26-27-28-29-30(26)25-22-19-18-20-23-25/h18-20,22-23H,2-17,21,24H2,1H3. The van der Waals surface area contributed by atoms with Crippen LogP contribution >= 0.6 is 0 Å². The molecular weight excluding hydrogens is 432 g/mol. The molecule has 2 rings (SSSR count). The highest BCUT2D eigenvalue weighted by molar-refractivity contribution is 7.91. The maximum absolute atomic E-state index is 12.7. The van der Waals surface area contributed by atoms with Crippen molar-refractivity contribution in [3.05, 3.63) is 30.3 Å². The average Bonchev–Trinajstić information content (AvgIpc) is 3.33. The first-order valence-electron chi connectivity index (χ1n) is 13.2. The first-order valence-corrected chi connectivity index (χ1v) is 14.9. The molecule has 0 aliphatic heterocycles. The number of unbranched alkanes of at least 4 members (excludes halogenated alkanes) is 16. The number of tetrazole rings is 1. The van der Waals surface area contributed by atoms with Gasteiger partial charge in [-0.2, -0.15) is 4.68 Å². The number of sulfone groups is 1. The van der Waals surface area contributed by atoms with E-state index < -0.39 is 9.84 Å². The number of hydrogen-bond donors (Lipinski definition) is 0. The number of hydrogen-bond acceptors (Lipinski definition) is 5. The Kier molecular flexibility index (Phi) is 14.0. The van der Waals surface area contributed by atoms with E-state index in [1.807, 2.05) is 18.2 Å². The number of aromatic nitrogens is 4. The fourth-order valence-corrected chi connectivity index (χ4v) is 5.55. The fraction of sp³-hybridized carbons (Fsp3) is 0.731. The highest BCUT2D eigenvalue weighted by Crippen LogP contribution is 2.16. The van der Waals surface area contributed by atoms with E-state index in [9.17, 15) is 8.42 Å². The monoisotopic (exact) mass is 476 g/mol. The topological polar surface area (TPSA) is 77.7 Å². The molecule has 7 heteroatoms. The molecule has 6 nitrogen and oxygen atoms in total. The number of rotatable bonds is 20. The zero-order valence-electron chi connectivity index (χ0n) is 20.6. The maximum atomic E-state index is 12.7. The molecule has 0 fully saturated rings. The molecule has 2 aromatic rings. The highest BCUT2D eigenvalue weighted by Gasteiger charge is 2.23. The second-order valence-corrected chi connectivity index (χ2v) is 11.2. The molecule has 0 unspecified atom stereocenters. The predicted octanol–water partition coefficient (Wildman–Crippen LogP) is 7.09. The summed E-state index contributed by atoms with van der Waals surface area (Å²) in [7, 11) is -3.49. The van der Waals surface area contributed by atoms with Gasteiger partial charge in [-0.05, 0) is 29.0 Å². The van der Waals surface area contributed by atoms with Gasteiger partial charge >= 0.3 is 0 Å². The summed E-state index contributed by atoms with van der Waals surface area (Å²) < 4.78 is 26.7. The van der Waals surface area contributed by atoms with Crippen LogP contribution in [0, 0.1) is 0 Å². The third-order valence-electron chi connectivity index (χ3n) is 6.24. The summed E-state index contributed by atoms with van der Waals surface area (Å²) in [5.41, 5.74) is 0.656. The van der Waals surface area contributed by atoms with Gasteiger partial charge in [-0.25, -0.2) is 8.42 Å². The van der Waals surface area contributed by atoms with Crippen LogP contribution in [0.25, 0.3) is 5.69 Å². The van der Waals surface area contributed by atoms with Crippen molar-refractivity contribution in [2.24, 2.45) is 0 Å². The van der Waals surface area contributed by atoms with Gasteiger partial charge in [-0.15, -0.1) is 0 Å². The lowest BCUT2D eigenvalue weighted by molar-refractivity contribution is 0.528. The van der Waals surface area contributed by atoms with Crippen molar-refractivity contribution in [1.29, 1.82) is 0 Å². The van der Waals surface area contributed by atoms with Crippen LogP contribution in [-0.2, 0) is 9.84 Å². The van der Waals surface area contributed by atoms with E-state index in [0.717, 1.165) is 12.8 Å². The normalized spacial score (nSPS) is 11.8. The number of para-hydroxylation sites is 1. The minimum absolute atomic E-state index is 0.0646. The van der Waals surface area contributed by atoms with E-state index in [1.165, 1.54) is 94.6 Å². The van der Waals surface area contributed by atoms with Crippen LogP contribution in [0.5, 0.6) is 0 Å². The first kappa shape index (κ1) is 27.5. The summed E-state index contributed by atoms with van der Waals surface area (Å²) >= 11 is 0. The van der Waals surface area contributed by atoms with Crippen molar-refractivity contribution in [1.82, 2.24) is 20.2 Å². The quantitative estimate of drug-likeness (QED) is 0.191. The van der Waals surface area contributed by atoms with Crippen molar-refractivity contribution in [3.8, 4) is 5.69 Å². The molecule has 1 heterocycles. The van der Waals surface area contributed by atoms with Gasteiger partial charge in [-0.1, -0.05) is 133 Å². The molecule has 0 N–H and O–H groups in total. The molecule has 0 atom stereocenters. The summed E-state index contributed by atoms with van der Waals surface area (Å²) in [6, 6.07) is 9.14. The Hall–Kier alpha value is -1.76. The molecule has 33 heavy (non-hydrogen) atoms. The lowest BCUT2D eigenvalue weighted by Gasteiger charge is -2.06. The van der Waals surface area contributed by atoms with Crippen molar-refractivity contribution in [2.75, 3.05) is 5.75 Å². The molecule has 0 saturated heterocycles. The van der Waals surface area contributed by atoms with Crippen LogP contribution in [0.4, 0.5) is 0 Å². The summed E-state index contributed by atoms with van der Waals surface area (Å²) in [6.45, 7) is 2.27. The Morgan fingerprint density at radius 1 is 0.667 bits per heavy atom. The SMILES string of the molecule is CCCCCCCCCCCCCCCCCCCS(=O)(=O)c1nnnn1-c1ccccc1. The molecule has 0 aliphatic rings. The van der Waals surface area contributed by atoms with E-state index in [4.69, 9.17) is 0 Å². The number of benzene rings is 1. The van der Waals surface area contributed by atoms with Crippen LogP contribution in [0.2, 0.25) is 0 Å². The molecule has 0 spiro atoms. The van der Waals surface area contributed by atoms with Gasteiger partial charge in [0.25, 0.3) is 5.16 Å². The van der Waals surface area contributed by atoms with Crippen LogP contribution in [0.1, 0.15) is 116 Å². The molecule has 1 aromatic heterocycles. The lowest BCUT2D eigenvalue weighted by atomic mass is 10.0. The van der Waals surface area contributed by atoms with E-state index in [2.05, 4.69) is 22.4 Å². The van der Waals surface area contributed by atoms with E-state index in [1.54, 1.807) is 12.1 Å². The van der Waals surface area contributed by atoms with Crippen LogP contribution in [0.3, 0.4) is 0 Å². The lowest BCUT2D eigenvalue weighted by Crippen LogP contribution is -2.14. The summed E-state index contributed by atoms with van der Waals surface area (Å²) in [5.74, 6) is 0.0960. The van der Waals surface area contributed by atoms with Crippen molar-refractivity contribution < 1.29 is 8.42 Å². The van der Waals surface area contributed by atoms with E-state index >= 15 is 0 Å². The van der Waals surface area contributed by atoms with Gasteiger partial charge < -0.3 is 0 Å². The maximum Gasteiger partial charge on any atom is 0.272 e. The van der Waals surface area contributed by atoms with Crippen LogP contribution < -0.4 is 0 Å². The Morgan fingerprint density at radius 3 is 1.61 bits per heavy atom. The largest absolute Gasteiger partial charge is 0.272 e. The Morgan fingerprint density at radius 2 is 1.12 bits per heavy atom. The highest BCUT2D eigenvalue weighted by atomic mass is 32.2. The number of nitrogens with zero attached hydrogens (tertiary/aromatic N) is 4. The van der Waals surface area contributed by atoms with Crippen LogP contribution in [-0.4, -0.2) is 34.4 Å². The van der Waals surface area contributed by atoms with Crippen molar-refractivity contribution in [3.63, 3.8) is 0 Å². The summed E-state index contributed by atoms with van der Waals surface area (Å²) in [6.07, 6.45) is 21.8. The molecule has 0 radical (unpaired) electrons. The second kappa shape index (κ2) is 16.8. The van der Waals surface area contributed by atoms with Gasteiger partial charge in [0.05, 0.1) is 11.4 Å². The fourth-order valence-electron chi connectivity index (χ4n) is 4.21. The summed E-state index contributed by atoms with van der Waals surface area (Å²) in [5, 5.41) is 11.1. The molecule has 1 aromatic carbocycles. The minimum atomic E-state index is -3.49. The molecule has 0 aliphatic carbocycles. The van der Waals surface area contributed by atoms with Gasteiger partial charge in [0, 0.05) is 0 Å². The smallest absolute Gasteiger partial charge is 0.220 e. The molecule has 186 valence electrons.